The summed E-state index contributed by atoms with van der Waals surface area (Å²) in [5, 5.41) is 8.55. The zero-order valence-electron chi connectivity index (χ0n) is 11.3. The lowest BCUT2D eigenvalue weighted by molar-refractivity contribution is -0.137. The van der Waals surface area contributed by atoms with Gasteiger partial charge >= 0.3 is 5.97 Å². The van der Waals surface area contributed by atoms with E-state index in [-0.39, 0.29) is 12.5 Å². The quantitative estimate of drug-likeness (QED) is 0.514. The molecule has 0 spiro atoms. The van der Waals surface area contributed by atoms with E-state index < -0.39 is 5.97 Å². The van der Waals surface area contributed by atoms with Crippen LogP contribution in [0.15, 0.2) is 0 Å². The molecule has 0 aliphatic heterocycles. The molecule has 102 valence electrons. The van der Waals surface area contributed by atoms with Crippen LogP contribution in [-0.4, -0.2) is 17.1 Å². The normalized spacial score (nSPS) is 12.6. The predicted molar refractivity (Wildman–Crippen MR) is 72.1 cm³/mol. The van der Waals surface area contributed by atoms with Crippen molar-refractivity contribution in [1.82, 2.24) is 0 Å². The summed E-state index contributed by atoms with van der Waals surface area (Å²) in [6, 6.07) is -0.156. The Morgan fingerprint density at radius 1 is 1.00 bits per heavy atom. The third kappa shape index (κ3) is 13.4. The highest BCUT2D eigenvalue weighted by molar-refractivity contribution is 5.67. The number of hydrogen-bond acceptors (Lipinski definition) is 2. The largest absolute Gasteiger partial charge is 0.481 e. The summed E-state index contributed by atoms with van der Waals surface area (Å²) in [4.78, 5) is 10.4. The minimum absolute atomic E-state index is 0.108. The van der Waals surface area contributed by atoms with Crippen molar-refractivity contribution in [3.63, 3.8) is 0 Å². The maximum absolute atomic E-state index is 10.4. The van der Waals surface area contributed by atoms with Gasteiger partial charge in [-0.3, -0.25) is 4.79 Å². The van der Waals surface area contributed by atoms with Crippen LogP contribution in [0.2, 0.25) is 0 Å². The van der Waals surface area contributed by atoms with Gasteiger partial charge in [0, 0.05) is 6.04 Å². The summed E-state index contributed by atoms with van der Waals surface area (Å²) in [5.74, 6) is -0.784. The number of nitrogens with two attached hydrogens (primary N) is 1. The molecule has 0 aliphatic rings. The second-order valence-electron chi connectivity index (χ2n) is 4.98. The minimum Gasteiger partial charge on any atom is -0.481 e. The van der Waals surface area contributed by atoms with Crippen molar-refractivity contribution >= 4 is 5.97 Å². The fourth-order valence-electron chi connectivity index (χ4n) is 2.04. The number of aliphatic carboxylic acids is 1. The van der Waals surface area contributed by atoms with Gasteiger partial charge in [-0.2, -0.15) is 0 Å². The van der Waals surface area contributed by atoms with E-state index in [2.05, 4.69) is 6.92 Å². The van der Waals surface area contributed by atoms with Crippen LogP contribution in [0, 0.1) is 0 Å². The Morgan fingerprint density at radius 3 is 1.94 bits per heavy atom. The fraction of sp³-hybridized carbons (Fsp3) is 0.929. The van der Waals surface area contributed by atoms with E-state index in [1.165, 1.54) is 51.4 Å². The Bertz CT molecular complexity index is 183. The van der Waals surface area contributed by atoms with E-state index in [4.69, 9.17) is 10.8 Å². The Balaban J connectivity index is 3.10. The standard InChI is InChI=1S/C14H29NO2/c1-2-3-4-5-6-7-8-9-10-11-13(15)12-14(16)17/h13H,2-12,15H2,1H3,(H,16,17)/t13-/m1/s1. The average molecular weight is 243 g/mol. The van der Waals surface area contributed by atoms with Gasteiger partial charge in [0.15, 0.2) is 0 Å². The van der Waals surface area contributed by atoms with Crippen LogP contribution in [0.25, 0.3) is 0 Å². The first-order chi connectivity index (χ1) is 8.16. The maximum Gasteiger partial charge on any atom is 0.304 e. The third-order valence-electron chi connectivity index (χ3n) is 3.12. The Hall–Kier alpha value is -0.570. The molecule has 0 aromatic carbocycles. The summed E-state index contributed by atoms with van der Waals surface area (Å²) < 4.78 is 0. The molecule has 3 nitrogen and oxygen atoms in total. The number of hydrogen-bond donors (Lipinski definition) is 2. The molecule has 0 unspecified atom stereocenters. The molecule has 0 amide bonds. The molecule has 0 saturated carbocycles. The van der Waals surface area contributed by atoms with Gasteiger partial charge in [0.2, 0.25) is 0 Å². The average Bonchev–Trinajstić information content (AvgIpc) is 2.26. The summed E-state index contributed by atoms with van der Waals surface area (Å²) >= 11 is 0. The molecule has 17 heavy (non-hydrogen) atoms. The molecular formula is C14H29NO2. The van der Waals surface area contributed by atoms with E-state index in [1.54, 1.807) is 0 Å². The first-order valence-electron chi connectivity index (χ1n) is 7.14. The molecule has 0 aliphatic carbocycles. The van der Waals surface area contributed by atoms with Gasteiger partial charge in [0.1, 0.15) is 0 Å². The molecule has 1 atom stereocenters. The molecule has 0 heterocycles. The number of rotatable bonds is 12. The number of unbranched alkanes of at least 4 members (excludes halogenated alkanes) is 8. The van der Waals surface area contributed by atoms with Gasteiger partial charge in [-0.05, 0) is 6.42 Å². The maximum atomic E-state index is 10.4. The van der Waals surface area contributed by atoms with Crippen molar-refractivity contribution in [3.05, 3.63) is 0 Å². The molecule has 3 N–H and O–H groups in total. The highest BCUT2D eigenvalue weighted by atomic mass is 16.4. The van der Waals surface area contributed by atoms with E-state index in [0.29, 0.717) is 0 Å². The van der Waals surface area contributed by atoms with Gasteiger partial charge < -0.3 is 10.8 Å². The number of carboxylic acid groups (broad SMARTS) is 1. The van der Waals surface area contributed by atoms with Gasteiger partial charge in [-0.15, -0.1) is 0 Å². The van der Waals surface area contributed by atoms with Crippen LogP contribution >= 0.6 is 0 Å². The van der Waals surface area contributed by atoms with Crippen LogP contribution < -0.4 is 5.73 Å². The van der Waals surface area contributed by atoms with E-state index in [9.17, 15) is 4.79 Å². The first kappa shape index (κ1) is 16.4. The summed E-state index contributed by atoms with van der Waals surface area (Å²) in [7, 11) is 0. The first-order valence-corrected chi connectivity index (χ1v) is 7.14. The SMILES string of the molecule is CCCCCCCCCCC[C@@H](N)CC(=O)O. The topological polar surface area (TPSA) is 63.3 Å². The van der Waals surface area contributed by atoms with E-state index in [1.807, 2.05) is 0 Å². The summed E-state index contributed by atoms with van der Waals surface area (Å²) in [6.45, 7) is 2.24. The van der Waals surface area contributed by atoms with Gasteiger partial charge in [0.05, 0.1) is 6.42 Å². The Labute approximate surface area is 106 Å². The Kier molecular flexibility index (Phi) is 11.5. The van der Waals surface area contributed by atoms with Crippen molar-refractivity contribution < 1.29 is 9.90 Å². The summed E-state index contributed by atoms with van der Waals surface area (Å²) in [5.41, 5.74) is 5.69. The molecule has 0 rings (SSSR count). The third-order valence-corrected chi connectivity index (χ3v) is 3.12. The van der Waals surface area contributed by atoms with Crippen LogP contribution in [0.5, 0.6) is 0 Å². The highest BCUT2D eigenvalue weighted by Crippen LogP contribution is 2.11. The second-order valence-corrected chi connectivity index (χ2v) is 4.98. The summed E-state index contributed by atoms with van der Waals surface area (Å²) in [6.07, 6.45) is 12.6. The van der Waals surface area contributed by atoms with Crippen LogP contribution in [0.1, 0.15) is 77.6 Å². The lowest BCUT2D eigenvalue weighted by atomic mass is 10.0. The number of carboxylic acids is 1. The smallest absolute Gasteiger partial charge is 0.304 e. The number of carbonyl (C=O) groups is 1. The van der Waals surface area contributed by atoms with Gasteiger partial charge in [-0.1, -0.05) is 64.7 Å². The monoisotopic (exact) mass is 243 g/mol. The molecule has 0 fully saturated rings. The van der Waals surface area contributed by atoms with Crippen LogP contribution in [-0.2, 0) is 4.79 Å². The van der Waals surface area contributed by atoms with Crippen molar-refractivity contribution in [3.8, 4) is 0 Å². The molecular weight excluding hydrogens is 214 g/mol. The van der Waals surface area contributed by atoms with Crippen LogP contribution in [0.3, 0.4) is 0 Å². The van der Waals surface area contributed by atoms with E-state index in [0.717, 1.165) is 12.8 Å². The zero-order chi connectivity index (χ0) is 12.9. The van der Waals surface area contributed by atoms with Crippen molar-refractivity contribution in [2.75, 3.05) is 0 Å². The van der Waals surface area contributed by atoms with Crippen molar-refractivity contribution in [1.29, 1.82) is 0 Å². The van der Waals surface area contributed by atoms with E-state index >= 15 is 0 Å². The fourth-order valence-corrected chi connectivity index (χ4v) is 2.04. The molecule has 0 radical (unpaired) electrons. The zero-order valence-corrected chi connectivity index (χ0v) is 11.3. The molecule has 0 saturated heterocycles. The molecule has 3 heteroatoms. The molecule has 0 bridgehead atoms. The van der Waals surface area contributed by atoms with Crippen molar-refractivity contribution in [2.45, 2.75) is 83.6 Å². The predicted octanol–water partition coefficient (Wildman–Crippen LogP) is 3.71. The minimum atomic E-state index is -0.784. The van der Waals surface area contributed by atoms with Gasteiger partial charge in [0.25, 0.3) is 0 Å². The lowest BCUT2D eigenvalue weighted by Crippen LogP contribution is -2.23. The van der Waals surface area contributed by atoms with Gasteiger partial charge in [-0.25, -0.2) is 0 Å². The molecule has 0 aromatic rings. The molecule has 0 aromatic heterocycles. The second kappa shape index (κ2) is 11.9. The Morgan fingerprint density at radius 2 is 1.47 bits per heavy atom. The highest BCUT2D eigenvalue weighted by Gasteiger charge is 2.06. The van der Waals surface area contributed by atoms with Crippen LogP contribution in [0.4, 0.5) is 0 Å². The lowest BCUT2D eigenvalue weighted by Gasteiger charge is -2.08. The van der Waals surface area contributed by atoms with Crippen molar-refractivity contribution in [2.24, 2.45) is 5.73 Å².